The molecule has 0 amide bonds. The highest BCUT2D eigenvalue weighted by atomic mass is 16.5. The second kappa shape index (κ2) is 8.40. The van der Waals surface area contributed by atoms with Crippen LogP contribution in [0.1, 0.15) is 29.2 Å². The number of hydrogen-bond donors (Lipinski definition) is 2. The highest BCUT2D eigenvalue weighted by molar-refractivity contribution is 5.22. The van der Waals surface area contributed by atoms with E-state index in [1.165, 1.54) is 5.56 Å². The van der Waals surface area contributed by atoms with Gasteiger partial charge in [-0.15, -0.1) is 0 Å². The molecule has 4 heteroatoms. The van der Waals surface area contributed by atoms with E-state index in [0.717, 1.165) is 30.8 Å². The number of ether oxygens (including phenoxy) is 1. The maximum Gasteiger partial charge on any atom is 0.0805 e. The van der Waals surface area contributed by atoms with Gasteiger partial charge in [0.2, 0.25) is 0 Å². The van der Waals surface area contributed by atoms with Crippen LogP contribution in [0.4, 0.5) is 0 Å². The van der Waals surface area contributed by atoms with Crippen molar-refractivity contribution in [1.29, 1.82) is 0 Å². The van der Waals surface area contributed by atoms with Crippen LogP contribution in [0.5, 0.6) is 0 Å². The van der Waals surface area contributed by atoms with E-state index < -0.39 is 6.10 Å². The van der Waals surface area contributed by atoms with Crippen molar-refractivity contribution in [2.45, 2.75) is 31.7 Å². The fourth-order valence-corrected chi connectivity index (χ4v) is 3.17. The van der Waals surface area contributed by atoms with Gasteiger partial charge in [0.05, 0.1) is 25.9 Å². The highest BCUT2D eigenvalue weighted by Crippen LogP contribution is 2.23. The normalized spacial score (nSPS) is 20.0. The summed E-state index contributed by atoms with van der Waals surface area (Å²) in [5, 5.41) is 19.7. The predicted molar refractivity (Wildman–Crippen MR) is 93.4 cm³/mol. The number of rotatable bonds is 6. The summed E-state index contributed by atoms with van der Waals surface area (Å²) in [7, 11) is 0. The smallest absolute Gasteiger partial charge is 0.0805 e. The number of nitrogens with zero attached hydrogens (tertiary/aromatic N) is 1. The van der Waals surface area contributed by atoms with Crippen molar-refractivity contribution in [2.75, 3.05) is 19.8 Å². The topological polar surface area (TPSA) is 52.9 Å². The van der Waals surface area contributed by atoms with Crippen LogP contribution in [-0.2, 0) is 17.9 Å². The maximum atomic E-state index is 10.5. The van der Waals surface area contributed by atoms with E-state index in [2.05, 4.69) is 17.0 Å². The molecule has 0 saturated carbocycles. The summed E-state index contributed by atoms with van der Waals surface area (Å²) >= 11 is 0. The molecule has 3 rings (SSSR count). The van der Waals surface area contributed by atoms with E-state index in [0.29, 0.717) is 13.0 Å². The van der Waals surface area contributed by atoms with Crippen LogP contribution in [0.3, 0.4) is 0 Å². The average Bonchev–Trinajstić information content (AvgIpc) is 2.64. The Hall–Kier alpha value is -1.72. The van der Waals surface area contributed by atoms with Gasteiger partial charge in [0, 0.05) is 19.1 Å². The van der Waals surface area contributed by atoms with Gasteiger partial charge in [-0.3, -0.25) is 4.90 Å². The summed E-state index contributed by atoms with van der Waals surface area (Å²) in [5.41, 5.74) is 3.10. The largest absolute Gasteiger partial charge is 0.392 e. The van der Waals surface area contributed by atoms with Crippen LogP contribution >= 0.6 is 0 Å². The van der Waals surface area contributed by atoms with E-state index in [4.69, 9.17) is 9.84 Å². The lowest BCUT2D eigenvalue weighted by Gasteiger charge is -2.36. The molecular weight excluding hydrogens is 302 g/mol. The minimum Gasteiger partial charge on any atom is -0.392 e. The fourth-order valence-electron chi connectivity index (χ4n) is 3.17. The molecule has 128 valence electrons. The molecule has 0 aromatic heterocycles. The van der Waals surface area contributed by atoms with E-state index in [1.54, 1.807) is 0 Å². The maximum absolute atomic E-state index is 10.5. The fraction of sp³-hybridized carbons (Fsp3) is 0.400. The second-order valence-corrected chi connectivity index (χ2v) is 6.34. The molecule has 0 radical (unpaired) electrons. The monoisotopic (exact) mass is 327 g/mol. The van der Waals surface area contributed by atoms with E-state index >= 15 is 0 Å². The van der Waals surface area contributed by atoms with Gasteiger partial charge in [-0.25, -0.2) is 0 Å². The Bertz CT molecular complexity index is 615. The minimum atomic E-state index is -0.475. The second-order valence-electron chi connectivity index (χ2n) is 6.34. The third-order valence-corrected chi connectivity index (χ3v) is 4.62. The molecule has 2 aromatic rings. The predicted octanol–water partition coefficient (Wildman–Crippen LogP) is 2.50. The van der Waals surface area contributed by atoms with Crippen molar-refractivity contribution in [3.05, 3.63) is 71.3 Å². The van der Waals surface area contributed by atoms with E-state index in [9.17, 15) is 5.11 Å². The molecule has 0 aliphatic carbocycles. The van der Waals surface area contributed by atoms with Gasteiger partial charge in [-0.1, -0.05) is 54.6 Å². The third kappa shape index (κ3) is 4.42. The SMILES string of the molecule is OCc1ccc(CN2CCOCC2CC(O)c2ccccc2)cc1. The molecule has 0 bridgehead atoms. The molecule has 1 aliphatic rings. The Labute approximate surface area is 143 Å². The van der Waals surface area contributed by atoms with Crippen molar-refractivity contribution >= 4 is 0 Å². The standard InChI is InChI=1S/C20H25NO3/c22-14-17-8-6-16(7-9-17)13-21-10-11-24-15-19(21)12-20(23)18-4-2-1-3-5-18/h1-9,19-20,22-23H,10-15H2. The summed E-state index contributed by atoms with van der Waals surface area (Å²) in [6.07, 6.45) is 0.191. The lowest BCUT2D eigenvalue weighted by Crippen LogP contribution is -2.45. The summed E-state index contributed by atoms with van der Waals surface area (Å²) in [6.45, 7) is 3.16. The lowest BCUT2D eigenvalue weighted by atomic mass is 10.00. The van der Waals surface area contributed by atoms with Crippen LogP contribution in [0.15, 0.2) is 54.6 Å². The first-order valence-corrected chi connectivity index (χ1v) is 8.50. The van der Waals surface area contributed by atoms with Crippen LogP contribution in [0.2, 0.25) is 0 Å². The van der Waals surface area contributed by atoms with Gasteiger partial charge in [0.25, 0.3) is 0 Å². The van der Waals surface area contributed by atoms with Crippen molar-refractivity contribution in [2.24, 2.45) is 0 Å². The molecule has 0 spiro atoms. The average molecular weight is 327 g/mol. The molecule has 2 unspecified atom stereocenters. The zero-order valence-corrected chi connectivity index (χ0v) is 13.8. The molecule has 1 heterocycles. The van der Waals surface area contributed by atoms with Crippen LogP contribution in [0, 0.1) is 0 Å². The molecule has 1 aliphatic heterocycles. The van der Waals surface area contributed by atoms with Gasteiger partial charge in [-0.2, -0.15) is 0 Å². The summed E-state index contributed by atoms with van der Waals surface area (Å²) < 4.78 is 5.64. The van der Waals surface area contributed by atoms with Gasteiger partial charge in [-0.05, 0) is 23.1 Å². The molecule has 2 aromatic carbocycles. The van der Waals surface area contributed by atoms with E-state index in [1.807, 2.05) is 42.5 Å². The zero-order chi connectivity index (χ0) is 16.8. The zero-order valence-electron chi connectivity index (χ0n) is 13.8. The molecular formula is C20H25NO3. The number of hydrogen-bond acceptors (Lipinski definition) is 4. The molecule has 4 nitrogen and oxygen atoms in total. The lowest BCUT2D eigenvalue weighted by molar-refractivity contribution is -0.0300. The first-order chi connectivity index (χ1) is 11.8. The molecule has 2 N–H and O–H groups in total. The number of benzene rings is 2. The van der Waals surface area contributed by atoms with Gasteiger partial charge >= 0.3 is 0 Å². The van der Waals surface area contributed by atoms with Crippen LogP contribution in [-0.4, -0.2) is 40.9 Å². The Morgan fingerprint density at radius 1 is 1.04 bits per heavy atom. The van der Waals surface area contributed by atoms with Crippen molar-refractivity contribution in [3.63, 3.8) is 0 Å². The molecule has 1 fully saturated rings. The Morgan fingerprint density at radius 2 is 1.75 bits per heavy atom. The summed E-state index contributed by atoms with van der Waals surface area (Å²) in [5.74, 6) is 0. The minimum absolute atomic E-state index is 0.0731. The van der Waals surface area contributed by atoms with Gasteiger partial charge in [0.1, 0.15) is 0 Å². The summed E-state index contributed by atoms with van der Waals surface area (Å²) in [4.78, 5) is 2.38. The van der Waals surface area contributed by atoms with Gasteiger partial charge < -0.3 is 14.9 Å². The number of morpholine rings is 1. The van der Waals surface area contributed by atoms with E-state index in [-0.39, 0.29) is 12.6 Å². The highest BCUT2D eigenvalue weighted by Gasteiger charge is 2.26. The Kier molecular flexibility index (Phi) is 5.99. The quantitative estimate of drug-likeness (QED) is 0.856. The van der Waals surface area contributed by atoms with Gasteiger partial charge in [0.15, 0.2) is 0 Å². The van der Waals surface area contributed by atoms with Crippen molar-refractivity contribution in [1.82, 2.24) is 4.90 Å². The van der Waals surface area contributed by atoms with Crippen molar-refractivity contribution < 1.29 is 14.9 Å². The first-order valence-electron chi connectivity index (χ1n) is 8.50. The van der Waals surface area contributed by atoms with Crippen LogP contribution < -0.4 is 0 Å². The number of aliphatic hydroxyl groups is 2. The van der Waals surface area contributed by atoms with Crippen LogP contribution in [0.25, 0.3) is 0 Å². The van der Waals surface area contributed by atoms with Crippen molar-refractivity contribution in [3.8, 4) is 0 Å². The Balaban J connectivity index is 1.64. The summed E-state index contributed by atoms with van der Waals surface area (Å²) in [6, 6.07) is 18.0. The molecule has 1 saturated heterocycles. The third-order valence-electron chi connectivity index (χ3n) is 4.62. The first kappa shape index (κ1) is 17.1. The molecule has 2 atom stereocenters. The Morgan fingerprint density at radius 3 is 2.46 bits per heavy atom. The number of aliphatic hydroxyl groups excluding tert-OH is 2. The molecule has 24 heavy (non-hydrogen) atoms.